The number of hydrogen-bond acceptors (Lipinski definition) is 3. The molecule has 0 radical (unpaired) electrons. The first kappa shape index (κ1) is 17.3. The molecule has 0 heterocycles. The Morgan fingerprint density at radius 3 is 2.47 bits per heavy atom. The molecule has 114 valence electrons. The Labute approximate surface area is 124 Å². The Bertz CT molecular complexity index is 280. The molecule has 0 saturated heterocycles. The third-order valence-electron chi connectivity index (χ3n) is 5.47. The molecule has 1 rings (SSSR count). The Morgan fingerprint density at radius 1 is 1.37 bits per heavy atom. The second-order valence-corrected chi connectivity index (χ2v) is 8.30. The van der Waals surface area contributed by atoms with Crippen molar-refractivity contribution in [2.45, 2.75) is 65.0 Å². The number of nitrogens with zero attached hydrogens (tertiary/aromatic N) is 1. The van der Waals surface area contributed by atoms with Crippen molar-refractivity contribution in [3.05, 3.63) is 0 Å². The van der Waals surface area contributed by atoms with Gasteiger partial charge >= 0.3 is 0 Å². The number of hydrogen-bond donors (Lipinski definition) is 1. The van der Waals surface area contributed by atoms with E-state index in [4.69, 9.17) is 5.73 Å². The molecule has 2 N–H and O–H groups in total. The smallest absolute Gasteiger partial charge is 0.0357 e. The predicted molar refractivity (Wildman–Crippen MR) is 88.8 cm³/mol. The lowest BCUT2D eigenvalue weighted by molar-refractivity contribution is -0.0271. The average molecular weight is 287 g/mol. The second kappa shape index (κ2) is 6.82. The minimum atomic E-state index is 0.216. The van der Waals surface area contributed by atoms with Crippen molar-refractivity contribution < 1.29 is 0 Å². The van der Waals surface area contributed by atoms with Crippen LogP contribution >= 0.6 is 11.8 Å². The summed E-state index contributed by atoms with van der Waals surface area (Å²) in [5.41, 5.74) is 6.94. The number of likely N-dealkylation sites (N-methyl/N-ethyl adjacent to an activating group) is 1. The lowest BCUT2D eigenvalue weighted by atomic mass is 9.63. The van der Waals surface area contributed by atoms with Gasteiger partial charge in [-0.15, -0.1) is 0 Å². The van der Waals surface area contributed by atoms with Crippen molar-refractivity contribution in [3.8, 4) is 0 Å². The molecular formula is C16H34N2S. The Hall–Kier alpha value is 0.270. The summed E-state index contributed by atoms with van der Waals surface area (Å²) in [6, 6.07) is 0.625. The third kappa shape index (κ3) is 3.89. The van der Waals surface area contributed by atoms with Crippen molar-refractivity contribution in [3.63, 3.8) is 0 Å². The summed E-state index contributed by atoms with van der Waals surface area (Å²) in [5, 5.41) is 0. The quantitative estimate of drug-likeness (QED) is 0.809. The van der Waals surface area contributed by atoms with E-state index in [1.165, 1.54) is 31.4 Å². The van der Waals surface area contributed by atoms with Crippen LogP contribution in [0, 0.1) is 11.3 Å². The van der Waals surface area contributed by atoms with Gasteiger partial charge < -0.3 is 5.73 Å². The van der Waals surface area contributed by atoms with E-state index in [0.29, 0.717) is 17.4 Å². The summed E-state index contributed by atoms with van der Waals surface area (Å²) in [6.07, 6.45) is 7.29. The van der Waals surface area contributed by atoms with E-state index >= 15 is 0 Å². The van der Waals surface area contributed by atoms with E-state index in [0.717, 1.165) is 6.54 Å². The van der Waals surface area contributed by atoms with Crippen LogP contribution in [0.15, 0.2) is 0 Å². The molecule has 0 bridgehead atoms. The molecule has 0 aliphatic heterocycles. The molecule has 3 atom stereocenters. The summed E-state index contributed by atoms with van der Waals surface area (Å²) >= 11 is 1.94. The van der Waals surface area contributed by atoms with Gasteiger partial charge in [0.2, 0.25) is 0 Å². The van der Waals surface area contributed by atoms with Crippen LogP contribution in [-0.4, -0.2) is 42.1 Å². The maximum atomic E-state index is 6.24. The molecule has 0 aromatic heterocycles. The standard InChI is InChI=1S/C16H34N2S/c1-13-11-15(3,4)8-9-16(13,12-17)18(5)14(2)7-10-19-6/h13-14H,7-12,17H2,1-6H3. The summed E-state index contributed by atoms with van der Waals surface area (Å²) < 4.78 is 0. The highest BCUT2D eigenvalue weighted by Gasteiger charge is 2.46. The summed E-state index contributed by atoms with van der Waals surface area (Å²) in [7, 11) is 2.30. The first-order valence-electron chi connectivity index (χ1n) is 7.71. The molecule has 0 amide bonds. The largest absolute Gasteiger partial charge is 0.329 e. The van der Waals surface area contributed by atoms with E-state index in [1.807, 2.05) is 11.8 Å². The Balaban J connectivity index is 2.79. The minimum absolute atomic E-state index is 0.216. The van der Waals surface area contributed by atoms with E-state index in [1.54, 1.807) is 0 Å². The first-order chi connectivity index (χ1) is 8.79. The van der Waals surface area contributed by atoms with Crippen molar-refractivity contribution in [1.82, 2.24) is 4.90 Å². The molecule has 0 aromatic rings. The van der Waals surface area contributed by atoms with Gasteiger partial charge in [-0.05, 0) is 63.0 Å². The van der Waals surface area contributed by atoms with Gasteiger partial charge in [0.25, 0.3) is 0 Å². The molecule has 1 aliphatic rings. The fraction of sp³-hybridized carbons (Fsp3) is 1.00. The highest BCUT2D eigenvalue weighted by molar-refractivity contribution is 7.98. The van der Waals surface area contributed by atoms with Gasteiger partial charge in [0.15, 0.2) is 0 Å². The summed E-state index contributed by atoms with van der Waals surface area (Å²) in [5.74, 6) is 1.93. The van der Waals surface area contributed by atoms with Gasteiger partial charge in [-0.2, -0.15) is 11.8 Å². The summed E-state index contributed by atoms with van der Waals surface area (Å²) in [4.78, 5) is 2.60. The molecule has 1 saturated carbocycles. The van der Waals surface area contributed by atoms with Crippen molar-refractivity contribution in [1.29, 1.82) is 0 Å². The molecule has 1 fully saturated rings. The highest BCUT2D eigenvalue weighted by atomic mass is 32.2. The molecule has 3 unspecified atom stereocenters. The summed E-state index contributed by atoms with van der Waals surface area (Å²) in [6.45, 7) is 10.4. The lowest BCUT2D eigenvalue weighted by Gasteiger charge is -2.54. The van der Waals surface area contributed by atoms with Gasteiger partial charge in [0.1, 0.15) is 0 Å². The number of thioether (sulfide) groups is 1. The molecule has 3 heteroatoms. The van der Waals surface area contributed by atoms with Crippen LogP contribution in [0.2, 0.25) is 0 Å². The van der Waals surface area contributed by atoms with Crippen LogP contribution in [-0.2, 0) is 0 Å². The average Bonchev–Trinajstić information content (AvgIpc) is 2.35. The highest BCUT2D eigenvalue weighted by Crippen LogP contribution is 2.46. The van der Waals surface area contributed by atoms with E-state index in [-0.39, 0.29) is 5.54 Å². The zero-order valence-electron chi connectivity index (χ0n) is 13.8. The van der Waals surface area contributed by atoms with Crippen LogP contribution < -0.4 is 5.73 Å². The van der Waals surface area contributed by atoms with Gasteiger partial charge in [-0.25, -0.2) is 0 Å². The maximum absolute atomic E-state index is 6.24. The monoisotopic (exact) mass is 286 g/mol. The molecule has 0 spiro atoms. The van der Waals surface area contributed by atoms with Gasteiger partial charge in [0, 0.05) is 18.1 Å². The Kier molecular flexibility index (Phi) is 6.22. The van der Waals surface area contributed by atoms with E-state index < -0.39 is 0 Å². The lowest BCUT2D eigenvalue weighted by Crippen LogP contribution is -2.61. The van der Waals surface area contributed by atoms with Crippen molar-refractivity contribution in [2.75, 3.05) is 25.6 Å². The predicted octanol–water partition coefficient (Wildman–Crippen LogP) is 3.60. The van der Waals surface area contributed by atoms with Crippen LogP contribution in [0.3, 0.4) is 0 Å². The van der Waals surface area contributed by atoms with Gasteiger partial charge in [-0.1, -0.05) is 20.8 Å². The first-order valence-corrected chi connectivity index (χ1v) is 9.10. The fourth-order valence-corrected chi connectivity index (χ4v) is 4.39. The van der Waals surface area contributed by atoms with E-state index in [9.17, 15) is 0 Å². The molecule has 2 nitrogen and oxygen atoms in total. The van der Waals surface area contributed by atoms with Gasteiger partial charge in [-0.3, -0.25) is 4.90 Å². The zero-order chi connectivity index (χ0) is 14.7. The van der Waals surface area contributed by atoms with Crippen LogP contribution in [0.4, 0.5) is 0 Å². The van der Waals surface area contributed by atoms with Crippen LogP contribution in [0.25, 0.3) is 0 Å². The molecule has 0 aromatic carbocycles. The number of nitrogens with two attached hydrogens (primary N) is 1. The normalized spacial score (nSPS) is 32.5. The zero-order valence-corrected chi connectivity index (χ0v) is 14.6. The van der Waals surface area contributed by atoms with Crippen LogP contribution in [0.5, 0.6) is 0 Å². The second-order valence-electron chi connectivity index (χ2n) is 7.32. The van der Waals surface area contributed by atoms with Crippen LogP contribution in [0.1, 0.15) is 53.4 Å². The maximum Gasteiger partial charge on any atom is 0.0357 e. The van der Waals surface area contributed by atoms with Crippen molar-refractivity contribution in [2.24, 2.45) is 17.1 Å². The van der Waals surface area contributed by atoms with Gasteiger partial charge in [0.05, 0.1) is 0 Å². The topological polar surface area (TPSA) is 29.3 Å². The van der Waals surface area contributed by atoms with E-state index in [2.05, 4.69) is 45.9 Å². The SMILES string of the molecule is CSCCC(C)N(C)C1(CN)CCC(C)(C)CC1C. The molecule has 19 heavy (non-hydrogen) atoms. The number of rotatable bonds is 6. The van der Waals surface area contributed by atoms with Crippen molar-refractivity contribution >= 4 is 11.8 Å². The fourth-order valence-electron chi connectivity index (χ4n) is 3.81. The third-order valence-corrected chi connectivity index (χ3v) is 6.11. The molecular weight excluding hydrogens is 252 g/mol. The Morgan fingerprint density at radius 2 is 2.00 bits per heavy atom. The minimum Gasteiger partial charge on any atom is -0.329 e. The molecule has 1 aliphatic carbocycles.